The topological polar surface area (TPSA) is 26.0 Å². The first-order chi connectivity index (χ1) is 11.1. The summed E-state index contributed by atoms with van der Waals surface area (Å²) in [7, 11) is 0. The second-order valence-electron chi connectivity index (χ2n) is 7.36. The Labute approximate surface area is 153 Å². The minimum Gasteiger partial charge on any atom is -1.00 e. The molecule has 4 heteroatoms. The molecule has 2 aromatic rings. The molecule has 24 heavy (non-hydrogen) atoms. The number of benzene rings is 2. The molecular weight excluding hydrogens is 367 g/mol. The van der Waals surface area contributed by atoms with Crippen molar-refractivity contribution in [2.75, 3.05) is 18.8 Å². The van der Waals surface area contributed by atoms with Crippen LogP contribution in [0.4, 0.5) is 10.1 Å². The lowest BCUT2D eigenvalue weighted by Gasteiger charge is -2.40. The Kier molecular flexibility index (Phi) is 4.97. The van der Waals surface area contributed by atoms with Crippen LogP contribution in [-0.4, -0.2) is 17.6 Å². The number of halogens is 2. The monoisotopic (exact) mass is 390 g/mol. The summed E-state index contributed by atoms with van der Waals surface area (Å²) in [5.41, 5.74) is 11.2. The molecule has 2 heterocycles. The SMILES string of the molecule is Nc1cccc2c1C[N+]1(CCC(Cc3ccc(F)cc3)CC1)C2.[Br-]. The maximum Gasteiger partial charge on any atom is 0.123 e. The zero-order valence-electron chi connectivity index (χ0n) is 13.8. The number of quaternary nitrogens is 1. The number of hydrogen-bond donors (Lipinski definition) is 1. The van der Waals surface area contributed by atoms with Crippen molar-refractivity contribution in [3.05, 3.63) is 65.0 Å². The summed E-state index contributed by atoms with van der Waals surface area (Å²) in [5.74, 6) is 0.583. The zero-order valence-corrected chi connectivity index (χ0v) is 15.4. The summed E-state index contributed by atoms with van der Waals surface area (Å²) in [4.78, 5) is 0. The summed E-state index contributed by atoms with van der Waals surface area (Å²) >= 11 is 0. The third kappa shape index (κ3) is 3.35. The average molecular weight is 391 g/mol. The van der Waals surface area contributed by atoms with Crippen LogP contribution < -0.4 is 22.7 Å². The highest BCUT2D eigenvalue weighted by molar-refractivity contribution is 5.51. The van der Waals surface area contributed by atoms with E-state index in [-0.39, 0.29) is 22.8 Å². The second kappa shape index (κ2) is 6.85. The largest absolute Gasteiger partial charge is 1.00 e. The lowest BCUT2D eigenvalue weighted by molar-refractivity contribution is -0.952. The van der Waals surface area contributed by atoms with E-state index in [1.54, 1.807) is 12.1 Å². The molecule has 1 spiro atoms. The van der Waals surface area contributed by atoms with Gasteiger partial charge in [-0.05, 0) is 48.9 Å². The minimum absolute atomic E-state index is 0. The second-order valence-corrected chi connectivity index (χ2v) is 7.36. The number of nitrogen functional groups attached to an aromatic ring is 1. The Morgan fingerprint density at radius 3 is 2.38 bits per heavy atom. The number of fused-ring (bicyclic) bond motifs is 1. The molecule has 2 nitrogen and oxygen atoms in total. The highest BCUT2D eigenvalue weighted by atomic mass is 79.9. The van der Waals surface area contributed by atoms with E-state index in [0.717, 1.165) is 31.1 Å². The molecule has 2 aromatic carbocycles. The van der Waals surface area contributed by atoms with E-state index >= 15 is 0 Å². The van der Waals surface area contributed by atoms with Gasteiger partial charge in [0, 0.05) is 16.8 Å². The van der Waals surface area contributed by atoms with Crippen LogP contribution in [0.1, 0.15) is 29.5 Å². The van der Waals surface area contributed by atoms with Crippen molar-refractivity contribution in [3.63, 3.8) is 0 Å². The Bertz CT molecular complexity index is 706. The summed E-state index contributed by atoms with van der Waals surface area (Å²) < 4.78 is 14.2. The van der Waals surface area contributed by atoms with Gasteiger partial charge in [-0.1, -0.05) is 24.3 Å². The van der Waals surface area contributed by atoms with Crippen molar-refractivity contribution in [2.24, 2.45) is 5.92 Å². The van der Waals surface area contributed by atoms with E-state index < -0.39 is 0 Å². The Balaban J connectivity index is 0.00000169. The van der Waals surface area contributed by atoms with Crippen LogP contribution in [0.15, 0.2) is 42.5 Å². The summed E-state index contributed by atoms with van der Waals surface area (Å²) in [6.07, 6.45) is 3.59. The molecule has 2 N–H and O–H groups in total. The molecule has 2 aliphatic heterocycles. The van der Waals surface area contributed by atoms with Crippen LogP contribution in [0.25, 0.3) is 0 Å². The Hall–Kier alpha value is -1.39. The van der Waals surface area contributed by atoms with Gasteiger partial charge in [-0.2, -0.15) is 0 Å². The summed E-state index contributed by atoms with van der Waals surface area (Å²) in [5, 5.41) is 0. The standard InChI is InChI=1S/C20H24FN2.BrH/c21-18-6-4-15(5-7-18)12-16-8-10-23(11-9-16)13-17-2-1-3-20(22)19(17)14-23;/h1-7,16H,8-14,22H2;1H/q+1;/p-1. The first-order valence-corrected chi connectivity index (χ1v) is 8.59. The van der Waals surface area contributed by atoms with Crippen molar-refractivity contribution in [2.45, 2.75) is 32.4 Å². The van der Waals surface area contributed by atoms with E-state index in [1.807, 2.05) is 18.2 Å². The molecule has 0 amide bonds. The van der Waals surface area contributed by atoms with Gasteiger partial charge in [-0.15, -0.1) is 0 Å². The van der Waals surface area contributed by atoms with Gasteiger partial charge in [-0.25, -0.2) is 4.39 Å². The van der Waals surface area contributed by atoms with Gasteiger partial charge in [0.15, 0.2) is 0 Å². The molecule has 0 unspecified atom stereocenters. The van der Waals surface area contributed by atoms with E-state index in [2.05, 4.69) is 12.1 Å². The predicted molar refractivity (Wildman–Crippen MR) is 91.1 cm³/mol. The van der Waals surface area contributed by atoms with Crippen LogP contribution in [0.5, 0.6) is 0 Å². The number of anilines is 1. The predicted octanol–water partition coefficient (Wildman–Crippen LogP) is 0.895. The van der Waals surface area contributed by atoms with Crippen LogP contribution >= 0.6 is 0 Å². The van der Waals surface area contributed by atoms with Crippen molar-refractivity contribution in [3.8, 4) is 0 Å². The van der Waals surface area contributed by atoms with E-state index in [9.17, 15) is 4.39 Å². The molecule has 0 bridgehead atoms. The molecule has 0 radical (unpaired) electrons. The van der Waals surface area contributed by atoms with Crippen molar-refractivity contribution >= 4 is 5.69 Å². The quantitative estimate of drug-likeness (QED) is 0.598. The molecule has 2 aliphatic rings. The molecule has 1 fully saturated rings. The fourth-order valence-electron chi connectivity index (χ4n) is 4.39. The van der Waals surface area contributed by atoms with E-state index in [0.29, 0.717) is 0 Å². The molecule has 0 aromatic heterocycles. The maximum absolute atomic E-state index is 13.0. The summed E-state index contributed by atoms with van der Waals surface area (Å²) in [6, 6.07) is 13.4. The van der Waals surface area contributed by atoms with Crippen LogP contribution in [-0.2, 0) is 19.5 Å². The van der Waals surface area contributed by atoms with Crippen molar-refractivity contribution in [1.29, 1.82) is 0 Å². The molecule has 128 valence electrons. The van der Waals surface area contributed by atoms with Gasteiger partial charge in [-0.3, -0.25) is 0 Å². The fourth-order valence-corrected chi connectivity index (χ4v) is 4.39. The van der Waals surface area contributed by atoms with Gasteiger partial charge in [0.25, 0.3) is 0 Å². The first-order valence-electron chi connectivity index (χ1n) is 8.59. The third-order valence-electron chi connectivity index (χ3n) is 5.77. The molecule has 0 saturated carbocycles. The normalized spacial score (nSPS) is 25.3. The zero-order chi connectivity index (χ0) is 15.9. The smallest absolute Gasteiger partial charge is 0.123 e. The maximum atomic E-state index is 13.0. The number of hydrogen-bond acceptors (Lipinski definition) is 1. The van der Waals surface area contributed by atoms with E-state index in [1.165, 1.54) is 47.1 Å². The van der Waals surface area contributed by atoms with Crippen LogP contribution in [0.2, 0.25) is 0 Å². The van der Waals surface area contributed by atoms with Gasteiger partial charge >= 0.3 is 0 Å². The van der Waals surface area contributed by atoms with Crippen molar-refractivity contribution < 1.29 is 25.9 Å². The Morgan fingerprint density at radius 1 is 1.00 bits per heavy atom. The highest BCUT2D eigenvalue weighted by Gasteiger charge is 2.40. The molecular formula is C20H24BrFN2. The molecule has 1 saturated heterocycles. The summed E-state index contributed by atoms with van der Waals surface area (Å²) in [6.45, 7) is 4.72. The van der Waals surface area contributed by atoms with Gasteiger partial charge in [0.05, 0.1) is 13.1 Å². The highest BCUT2D eigenvalue weighted by Crippen LogP contribution is 2.38. The van der Waals surface area contributed by atoms with E-state index in [4.69, 9.17) is 5.73 Å². The molecule has 0 aliphatic carbocycles. The number of nitrogens with zero attached hydrogens (tertiary/aromatic N) is 1. The third-order valence-corrected chi connectivity index (χ3v) is 5.77. The fraction of sp³-hybridized carbons (Fsp3) is 0.400. The van der Waals surface area contributed by atoms with Crippen LogP contribution in [0.3, 0.4) is 0 Å². The number of piperidine rings is 1. The number of rotatable bonds is 2. The Morgan fingerprint density at radius 2 is 1.71 bits per heavy atom. The van der Waals surface area contributed by atoms with Gasteiger partial charge in [0.1, 0.15) is 18.9 Å². The average Bonchev–Trinajstić information content (AvgIpc) is 2.92. The van der Waals surface area contributed by atoms with Crippen molar-refractivity contribution in [1.82, 2.24) is 0 Å². The first kappa shape index (κ1) is 17.4. The lowest BCUT2D eigenvalue weighted by atomic mass is 9.89. The lowest BCUT2D eigenvalue weighted by Crippen LogP contribution is -3.00. The van der Waals surface area contributed by atoms with Gasteiger partial charge in [0.2, 0.25) is 0 Å². The molecule has 4 rings (SSSR count). The number of nitrogens with two attached hydrogens (primary N) is 1. The van der Waals surface area contributed by atoms with Crippen LogP contribution in [0, 0.1) is 11.7 Å². The minimum atomic E-state index is -0.144. The van der Waals surface area contributed by atoms with Gasteiger partial charge < -0.3 is 27.2 Å². The molecule has 0 atom stereocenters.